The highest BCUT2D eigenvalue weighted by Crippen LogP contribution is 2.45. The number of hydrogen-bond acceptors (Lipinski definition) is 6. The Bertz CT molecular complexity index is 851. The number of hydrogen-bond donors (Lipinski definition) is 1. The molecule has 0 saturated carbocycles. The molecule has 7 heteroatoms. The van der Waals surface area contributed by atoms with Crippen LogP contribution in [-0.2, 0) is 11.2 Å². The molecule has 0 radical (unpaired) electrons. The van der Waals surface area contributed by atoms with Crippen molar-refractivity contribution in [3.8, 4) is 11.5 Å². The Morgan fingerprint density at radius 2 is 1.74 bits per heavy atom. The maximum atomic E-state index is 12.9. The van der Waals surface area contributed by atoms with Crippen LogP contribution in [0.25, 0.3) is 0 Å². The smallest absolute Gasteiger partial charge is 0.409 e. The van der Waals surface area contributed by atoms with E-state index in [1.807, 2.05) is 4.90 Å². The third kappa shape index (κ3) is 5.46. The second-order valence-corrected chi connectivity index (χ2v) is 11.0. The highest BCUT2D eigenvalue weighted by Gasteiger charge is 2.40. The number of carbonyl (C=O) groups is 1. The summed E-state index contributed by atoms with van der Waals surface area (Å²) in [4.78, 5) is 17.4. The van der Waals surface area contributed by atoms with Gasteiger partial charge in [0.25, 0.3) is 0 Å². The first-order valence-corrected chi connectivity index (χ1v) is 13.0. The van der Waals surface area contributed by atoms with E-state index in [1.54, 1.807) is 14.2 Å². The molecule has 7 nitrogen and oxygen atoms in total. The Kier molecular flexibility index (Phi) is 7.93. The molecule has 1 aromatic carbocycles. The lowest BCUT2D eigenvalue weighted by molar-refractivity contribution is 0.00307. The summed E-state index contributed by atoms with van der Waals surface area (Å²) in [5.74, 6) is 3.09. The first-order valence-electron chi connectivity index (χ1n) is 13.0. The molecular weight excluding hydrogens is 430 g/mol. The number of piperazine rings is 1. The minimum absolute atomic E-state index is 0.165. The van der Waals surface area contributed by atoms with Crippen LogP contribution in [0.2, 0.25) is 0 Å². The van der Waals surface area contributed by atoms with Gasteiger partial charge < -0.3 is 24.4 Å². The van der Waals surface area contributed by atoms with E-state index in [4.69, 9.17) is 14.2 Å². The van der Waals surface area contributed by atoms with Gasteiger partial charge in [-0.25, -0.2) is 4.79 Å². The molecule has 1 N–H and O–H groups in total. The fraction of sp³-hybridized carbons (Fsp3) is 0.741. The number of ether oxygens (including phenoxy) is 3. The molecule has 3 heterocycles. The van der Waals surface area contributed by atoms with Gasteiger partial charge >= 0.3 is 6.09 Å². The summed E-state index contributed by atoms with van der Waals surface area (Å²) >= 11 is 0. The van der Waals surface area contributed by atoms with Gasteiger partial charge in [0.15, 0.2) is 11.5 Å². The second-order valence-electron chi connectivity index (χ2n) is 11.0. The van der Waals surface area contributed by atoms with E-state index >= 15 is 0 Å². The summed E-state index contributed by atoms with van der Waals surface area (Å²) in [7, 11) is 3.39. The number of nitrogens with one attached hydrogen (secondary N) is 1. The molecule has 4 rings (SSSR count). The molecule has 0 aromatic heterocycles. The van der Waals surface area contributed by atoms with Crippen molar-refractivity contribution in [2.45, 2.75) is 65.1 Å². The molecule has 0 aliphatic carbocycles. The molecule has 2 saturated heterocycles. The molecule has 3 aliphatic rings. The van der Waals surface area contributed by atoms with Crippen LogP contribution in [0, 0.1) is 17.8 Å². The largest absolute Gasteiger partial charge is 0.493 e. The van der Waals surface area contributed by atoms with E-state index in [0.29, 0.717) is 55.6 Å². The molecule has 2 fully saturated rings. The standard InChI is InChI=1S/C27H43N3O4/c1-17(2)9-21-15-29-8-7-20-11-25(32-5)26(33-6)12-23(20)24(29)10-22(21)16-34-27(31)30-13-18(3)28-19(4)14-30/h11-12,17-19,21-22,24,28H,7-10,13-16H2,1-6H3/t18-,19+,21?,22?,24?. The molecule has 34 heavy (non-hydrogen) atoms. The Morgan fingerprint density at radius 3 is 2.38 bits per heavy atom. The van der Waals surface area contributed by atoms with Gasteiger partial charge in [0.2, 0.25) is 0 Å². The van der Waals surface area contributed by atoms with Crippen LogP contribution < -0.4 is 14.8 Å². The summed E-state index contributed by atoms with van der Waals surface area (Å²) in [6, 6.07) is 5.22. The topological polar surface area (TPSA) is 63.3 Å². The number of methoxy groups -OCH3 is 2. The first kappa shape index (κ1) is 25.1. The lowest BCUT2D eigenvalue weighted by atomic mass is 9.74. The summed E-state index contributed by atoms with van der Waals surface area (Å²) in [5.41, 5.74) is 2.69. The Balaban J connectivity index is 1.50. The van der Waals surface area contributed by atoms with E-state index < -0.39 is 0 Å². The lowest BCUT2D eigenvalue weighted by Crippen LogP contribution is -2.56. The fourth-order valence-electron chi connectivity index (χ4n) is 6.33. The van der Waals surface area contributed by atoms with E-state index in [2.05, 4.69) is 50.0 Å². The number of carbonyl (C=O) groups excluding carboxylic acids is 1. The molecule has 5 atom stereocenters. The Morgan fingerprint density at radius 1 is 1.06 bits per heavy atom. The van der Waals surface area contributed by atoms with E-state index in [0.717, 1.165) is 43.9 Å². The van der Waals surface area contributed by atoms with Crippen LogP contribution in [0.5, 0.6) is 11.5 Å². The van der Waals surface area contributed by atoms with E-state index in [-0.39, 0.29) is 6.09 Å². The molecule has 190 valence electrons. The van der Waals surface area contributed by atoms with Crippen molar-refractivity contribution in [1.82, 2.24) is 15.1 Å². The van der Waals surface area contributed by atoms with Gasteiger partial charge in [-0.1, -0.05) is 13.8 Å². The highest BCUT2D eigenvalue weighted by molar-refractivity contribution is 5.68. The summed E-state index contributed by atoms with van der Waals surface area (Å²) in [5, 5.41) is 3.48. The van der Waals surface area contributed by atoms with E-state index in [9.17, 15) is 4.79 Å². The molecule has 0 spiro atoms. The third-order valence-corrected chi connectivity index (χ3v) is 7.79. The molecule has 3 aliphatic heterocycles. The average Bonchev–Trinajstić information content (AvgIpc) is 2.80. The Hall–Kier alpha value is -1.99. The quantitative estimate of drug-likeness (QED) is 0.671. The van der Waals surface area contributed by atoms with Crippen molar-refractivity contribution in [3.05, 3.63) is 23.3 Å². The number of rotatable bonds is 6. The highest BCUT2D eigenvalue weighted by atomic mass is 16.6. The van der Waals surface area contributed by atoms with Crippen molar-refractivity contribution >= 4 is 6.09 Å². The van der Waals surface area contributed by atoms with Crippen LogP contribution in [-0.4, -0.2) is 75.0 Å². The zero-order valence-electron chi connectivity index (χ0n) is 21.8. The molecule has 0 bridgehead atoms. The van der Waals surface area contributed by atoms with Crippen LogP contribution in [0.1, 0.15) is 57.7 Å². The maximum absolute atomic E-state index is 12.9. The number of nitrogens with zero attached hydrogens (tertiary/aromatic N) is 2. The van der Waals surface area contributed by atoms with Crippen molar-refractivity contribution in [2.24, 2.45) is 17.8 Å². The Labute approximate surface area is 205 Å². The predicted octanol–water partition coefficient (Wildman–Crippen LogP) is 4.10. The normalized spacial score (nSPS) is 29.4. The van der Waals surface area contributed by atoms with Crippen molar-refractivity contribution in [3.63, 3.8) is 0 Å². The van der Waals surface area contributed by atoms with Gasteiger partial charge in [-0.05, 0) is 74.1 Å². The van der Waals surface area contributed by atoms with Gasteiger partial charge in [-0.15, -0.1) is 0 Å². The SMILES string of the molecule is COc1cc2c(cc1OC)C1CC(COC(=O)N3C[C@@H](C)N[C@@H](C)C3)C(CC(C)C)CN1CC2. The minimum atomic E-state index is -0.165. The summed E-state index contributed by atoms with van der Waals surface area (Å²) in [6.07, 6.45) is 3.02. The zero-order valence-corrected chi connectivity index (χ0v) is 21.8. The number of piperidine rings is 1. The van der Waals surface area contributed by atoms with Crippen molar-refractivity contribution < 1.29 is 19.0 Å². The maximum Gasteiger partial charge on any atom is 0.409 e. The van der Waals surface area contributed by atoms with Crippen LogP contribution in [0.15, 0.2) is 12.1 Å². The fourth-order valence-corrected chi connectivity index (χ4v) is 6.33. The van der Waals surface area contributed by atoms with Gasteiger partial charge in [-0.2, -0.15) is 0 Å². The van der Waals surface area contributed by atoms with Gasteiger partial charge in [-0.3, -0.25) is 4.90 Å². The van der Waals surface area contributed by atoms with Crippen molar-refractivity contribution in [2.75, 3.05) is 47.0 Å². The third-order valence-electron chi connectivity index (χ3n) is 7.79. The zero-order chi connectivity index (χ0) is 24.4. The van der Waals surface area contributed by atoms with Gasteiger partial charge in [0.05, 0.1) is 20.8 Å². The minimum Gasteiger partial charge on any atom is -0.493 e. The second kappa shape index (κ2) is 10.7. The predicted molar refractivity (Wildman–Crippen MR) is 134 cm³/mol. The van der Waals surface area contributed by atoms with Crippen LogP contribution >= 0.6 is 0 Å². The van der Waals surface area contributed by atoms with Gasteiger partial charge in [0.1, 0.15) is 0 Å². The molecule has 1 amide bonds. The molecular formula is C27H43N3O4. The number of fused-ring (bicyclic) bond motifs is 3. The first-order chi connectivity index (χ1) is 16.3. The average molecular weight is 474 g/mol. The number of amides is 1. The monoisotopic (exact) mass is 473 g/mol. The summed E-state index contributed by atoms with van der Waals surface area (Å²) < 4.78 is 17.1. The summed E-state index contributed by atoms with van der Waals surface area (Å²) in [6.45, 7) is 12.8. The van der Waals surface area contributed by atoms with Gasteiger partial charge in [0, 0.05) is 44.3 Å². The van der Waals surface area contributed by atoms with E-state index in [1.165, 1.54) is 11.1 Å². The van der Waals surface area contributed by atoms with Crippen LogP contribution in [0.3, 0.4) is 0 Å². The van der Waals surface area contributed by atoms with Crippen LogP contribution in [0.4, 0.5) is 4.79 Å². The molecule has 3 unspecified atom stereocenters. The lowest BCUT2D eigenvalue weighted by Gasteiger charge is -2.47. The molecule has 1 aromatic rings. The number of benzene rings is 1. The van der Waals surface area contributed by atoms with Crippen molar-refractivity contribution in [1.29, 1.82) is 0 Å².